The highest BCUT2D eigenvalue weighted by Crippen LogP contribution is 2.28. The molecule has 2 amide bonds. The van der Waals surface area contributed by atoms with Crippen LogP contribution in [-0.2, 0) is 4.79 Å². The summed E-state index contributed by atoms with van der Waals surface area (Å²) in [7, 11) is 2.04. The standard InChI is InChI=1S/C27H32FN9O3S/c1-16-24(37(30)15-23(29)25-14-32-27(41-25)33-18(3)38)11-20(13-31-16)34-26(39)19-9-21(12-22(10-19)40-17(2)28)36-7-5-35(4)6-8-36/h9-14,29H,2,5-8,15,30H2,1,3-4H3,(H,34,39)(H,32,33,38). The molecule has 1 aliphatic heterocycles. The molecule has 5 N–H and O–H groups in total. The average Bonchev–Trinajstić information content (AvgIpc) is 3.37. The minimum atomic E-state index is -0.975. The van der Waals surface area contributed by atoms with Crippen LogP contribution in [0.2, 0.25) is 0 Å². The molecular weight excluding hydrogens is 549 g/mol. The minimum absolute atomic E-state index is 0.0303. The number of aryl methyl sites for hydroxylation is 1. The summed E-state index contributed by atoms with van der Waals surface area (Å²) in [5.74, 6) is 5.77. The topological polar surface area (TPSA) is 153 Å². The van der Waals surface area contributed by atoms with Crippen molar-refractivity contribution in [3.8, 4) is 5.75 Å². The molecule has 0 saturated carbocycles. The van der Waals surface area contributed by atoms with Gasteiger partial charge in [-0.2, -0.15) is 4.39 Å². The van der Waals surface area contributed by atoms with Gasteiger partial charge in [0.05, 0.1) is 40.4 Å². The van der Waals surface area contributed by atoms with Crippen LogP contribution in [0.15, 0.2) is 49.3 Å². The predicted octanol–water partition coefficient (Wildman–Crippen LogP) is 3.38. The summed E-state index contributed by atoms with van der Waals surface area (Å²) in [6, 6.07) is 5.55. The molecule has 216 valence electrons. The molecule has 0 unspecified atom stereocenters. The zero-order valence-corrected chi connectivity index (χ0v) is 23.8. The van der Waals surface area contributed by atoms with Gasteiger partial charge in [0.15, 0.2) is 5.13 Å². The van der Waals surface area contributed by atoms with Crippen molar-refractivity contribution < 1.29 is 18.7 Å². The number of rotatable bonds is 10. The maximum absolute atomic E-state index is 13.5. The van der Waals surface area contributed by atoms with Gasteiger partial charge in [-0.15, -0.1) is 0 Å². The first kappa shape index (κ1) is 29.6. The van der Waals surface area contributed by atoms with Crippen molar-refractivity contribution in [1.29, 1.82) is 5.41 Å². The van der Waals surface area contributed by atoms with Crippen molar-refractivity contribution in [2.75, 3.05) is 60.3 Å². The second-order valence-corrected chi connectivity index (χ2v) is 10.6. The summed E-state index contributed by atoms with van der Waals surface area (Å²) in [6.45, 7) is 9.55. The fourth-order valence-electron chi connectivity index (χ4n) is 4.19. The van der Waals surface area contributed by atoms with Gasteiger partial charge in [0.1, 0.15) is 5.75 Å². The number of hydrogen-bond acceptors (Lipinski definition) is 11. The number of piperazine rings is 1. The van der Waals surface area contributed by atoms with E-state index in [1.54, 1.807) is 25.1 Å². The predicted molar refractivity (Wildman–Crippen MR) is 159 cm³/mol. The summed E-state index contributed by atoms with van der Waals surface area (Å²) in [6.07, 6.45) is 3.00. The number of halogens is 1. The first-order valence-electron chi connectivity index (χ1n) is 12.7. The van der Waals surface area contributed by atoms with Crippen molar-refractivity contribution in [3.05, 3.63) is 65.4 Å². The van der Waals surface area contributed by atoms with E-state index in [1.807, 2.05) is 7.05 Å². The molecular formula is C27H32FN9O3S. The number of pyridine rings is 1. The lowest BCUT2D eigenvalue weighted by molar-refractivity contribution is -0.114. The van der Waals surface area contributed by atoms with E-state index in [1.165, 1.54) is 41.7 Å². The van der Waals surface area contributed by atoms with Crippen molar-refractivity contribution >= 4 is 51.1 Å². The van der Waals surface area contributed by atoms with E-state index >= 15 is 0 Å². The van der Waals surface area contributed by atoms with Crippen molar-refractivity contribution in [2.24, 2.45) is 5.84 Å². The number of likely N-dealkylation sites (N-methyl/N-ethyl adjacent to an activating group) is 1. The van der Waals surface area contributed by atoms with Crippen LogP contribution in [0.1, 0.15) is 27.9 Å². The van der Waals surface area contributed by atoms with Crippen LogP contribution >= 0.6 is 11.3 Å². The summed E-state index contributed by atoms with van der Waals surface area (Å²) >= 11 is 1.17. The average molecular weight is 582 g/mol. The van der Waals surface area contributed by atoms with E-state index in [9.17, 15) is 14.0 Å². The first-order chi connectivity index (χ1) is 19.5. The van der Waals surface area contributed by atoms with Gasteiger partial charge in [-0.05, 0) is 38.7 Å². The van der Waals surface area contributed by atoms with Gasteiger partial charge >= 0.3 is 0 Å². The van der Waals surface area contributed by atoms with Crippen LogP contribution in [-0.4, -0.2) is 72.2 Å². The van der Waals surface area contributed by atoms with E-state index in [0.29, 0.717) is 27.1 Å². The third-order valence-corrected chi connectivity index (χ3v) is 7.27. The second kappa shape index (κ2) is 12.8. The van der Waals surface area contributed by atoms with E-state index in [2.05, 4.69) is 37.0 Å². The van der Waals surface area contributed by atoms with Crippen LogP contribution < -0.4 is 31.1 Å². The molecule has 1 aliphatic rings. The Bertz CT molecular complexity index is 1470. The van der Waals surface area contributed by atoms with E-state index in [-0.39, 0.29) is 29.5 Å². The molecule has 2 aromatic heterocycles. The van der Waals surface area contributed by atoms with Crippen LogP contribution in [0.4, 0.5) is 26.6 Å². The number of hydrogen-bond donors (Lipinski definition) is 4. The van der Waals surface area contributed by atoms with E-state index < -0.39 is 11.9 Å². The number of thiazole rings is 1. The van der Waals surface area contributed by atoms with Gasteiger partial charge in [0, 0.05) is 56.6 Å². The number of nitrogens with two attached hydrogens (primary N) is 1. The van der Waals surface area contributed by atoms with Crippen molar-refractivity contribution in [3.63, 3.8) is 0 Å². The number of ether oxygens (including phenoxy) is 1. The summed E-state index contributed by atoms with van der Waals surface area (Å²) in [5, 5.41) is 15.6. The SMILES string of the molecule is C=C(F)Oc1cc(C(=O)Nc2cnc(C)c(N(N)CC(=N)c3cnc(NC(C)=O)s3)c2)cc(N2CCN(C)CC2)c1. The molecule has 1 aromatic carbocycles. The molecule has 4 rings (SSSR count). The van der Waals surface area contributed by atoms with Crippen LogP contribution in [0.5, 0.6) is 5.75 Å². The molecule has 3 heterocycles. The number of benzene rings is 1. The van der Waals surface area contributed by atoms with Gasteiger partial charge < -0.3 is 35.6 Å². The lowest BCUT2D eigenvalue weighted by Crippen LogP contribution is -2.44. The summed E-state index contributed by atoms with van der Waals surface area (Å²) in [5.41, 5.74) is 2.68. The number of nitrogens with one attached hydrogen (secondary N) is 3. The molecule has 0 radical (unpaired) electrons. The normalized spacial score (nSPS) is 13.4. The maximum atomic E-state index is 13.5. The smallest absolute Gasteiger partial charge is 0.270 e. The Labute approximate surface area is 241 Å². The Hall–Kier alpha value is -4.40. The van der Waals surface area contributed by atoms with E-state index in [4.69, 9.17) is 16.0 Å². The van der Waals surface area contributed by atoms with Gasteiger partial charge in [-0.3, -0.25) is 14.6 Å². The first-order valence-corrected chi connectivity index (χ1v) is 13.5. The van der Waals surface area contributed by atoms with Gasteiger partial charge in [-0.1, -0.05) is 11.3 Å². The number of carbonyl (C=O) groups excluding carboxylic acids is 2. The highest BCUT2D eigenvalue weighted by Gasteiger charge is 2.19. The number of hydrazine groups is 1. The number of carbonyl (C=O) groups is 2. The van der Waals surface area contributed by atoms with Gasteiger partial charge in [0.25, 0.3) is 11.9 Å². The maximum Gasteiger partial charge on any atom is 0.270 e. The van der Waals surface area contributed by atoms with Crippen molar-refractivity contribution in [1.82, 2.24) is 14.9 Å². The highest BCUT2D eigenvalue weighted by molar-refractivity contribution is 7.17. The Kier molecular flexibility index (Phi) is 9.27. The van der Waals surface area contributed by atoms with Crippen LogP contribution in [0.25, 0.3) is 0 Å². The number of nitrogens with zero attached hydrogens (tertiary/aromatic N) is 5. The quantitative estimate of drug-likeness (QED) is 0.122. The highest BCUT2D eigenvalue weighted by atomic mass is 32.1. The third kappa shape index (κ3) is 7.84. The molecule has 0 spiro atoms. The Morgan fingerprint density at radius 3 is 2.59 bits per heavy atom. The lowest BCUT2D eigenvalue weighted by atomic mass is 10.1. The van der Waals surface area contributed by atoms with Crippen LogP contribution in [0.3, 0.4) is 0 Å². The fourth-order valence-corrected chi connectivity index (χ4v) is 4.99. The number of amides is 2. The molecule has 0 bridgehead atoms. The fraction of sp³-hybridized carbons (Fsp3) is 0.296. The second-order valence-electron chi connectivity index (χ2n) is 9.56. The number of anilines is 4. The lowest BCUT2D eigenvalue weighted by Gasteiger charge is -2.34. The molecule has 14 heteroatoms. The van der Waals surface area contributed by atoms with Crippen LogP contribution in [0, 0.1) is 12.3 Å². The molecule has 3 aromatic rings. The summed E-state index contributed by atoms with van der Waals surface area (Å²) in [4.78, 5) is 37.9. The van der Waals surface area contributed by atoms with E-state index in [0.717, 1.165) is 31.9 Å². The zero-order valence-electron chi connectivity index (χ0n) is 23.0. The summed E-state index contributed by atoms with van der Waals surface area (Å²) < 4.78 is 18.6. The minimum Gasteiger partial charge on any atom is -0.432 e. The molecule has 41 heavy (non-hydrogen) atoms. The molecule has 12 nitrogen and oxygen atoms in total. The molecule has 0 atom stereocenters. The van der Waals surface area contributed by atoms with Gasteiger partial charge in [0.2, 0.25) is 5.91 Å². The Morgan fingerprint density at radius 1 is 1.17 bits per heavy atom. The largest absolute Gasteiger partial charge is 0.432 e. The molecule has 1 fully saturated rings. The van der Waals surface area contributed by atoms with Gasteiger partial charge in [-0.25, -0.2) is 10.8 Å². The Balaban J connectivity index is 1.50. The number of aromatic nitrogens is 2. The van der Waals surface area contributed by atoms with Crippen molar-refractivity contribution in [2.45, 2.75) is 13.8 Å². The Morgan fingerprint density at radius 2 is 1.90 bits per heavy atom. The zero-order chi connectivity index (χ0) is 29.7. The third-order valence-electron chi connectivity index (χ3n) is 6.29. The molecule has 0 aliphatic carbocycles. The molecule has 1 saturated heterocycles. The monoisotopic (exact) mass is 581 g/mol.